The highest BCUT2D eigenvalue weighted by molar-refractivity contribution is 6.53. The molecule has 0 saturated heterocycles. The zero-order chi connectivity index (χ0) is 37.3. The fourth-order valence-electron chi connectivity index (χ4n) is 5.34. The van der Waals surface area contributed by atoms with Crippen LogP contribution in [-0.4, -0.2) is 71.3 Å². The van der Waals surface area contributed by atoms with Crippen LogP contribution in [0, 0.1) is 0 Å². The van der Waals surface area contributed by atoms with Crippen molar-refractivity contribution in [3.8, 4) is 11.5 Å². The predicted molar refractivity (Wildman–Crippen MR) is 216 cm³/mol. The molecule has 7 nitrogen and oxygen atoms in total. The number of hydrogen-bond acceptors (Lipinski definition) is 5. The molecule has 11 heteroatoms. The van der Waals surface area contributed by atoms with Crippen LogP contribution in [0.1, 0.15) is 43.9 Å². The molecule has 0 aliphatic heterocycles. The average molecular weight is 783 g/mol. The maximum absolute atomic E-state index is 12.3. The van der Waals surface area contributed by atoms with E-state index in [2.05, 4.69) is 48.0 Å². The summed E-state index contributed by atoms with van der Waals surface area (Å²) in [6.45, 7) is 11.3. The lowest BCUT2D eigenvalue weighted by Crippen LogP contribution is -2.37. The summed E-state index contributed by atoms with van der Waals surface area (Å²) in [5, 5.41) is 1.86. The van der Waals surface area contributed by atoms with Crippen molar-refractivity contribution in [1.82, 2.24) is 19.4 Å². The molecule has 1 amide bonds. The van der Waals surface area contributed by atoms with Gasteiger partial charge in [-0.15, -0.1) is 0 Å². The Balaban J connectivity index is 0.000000239. The molecule has 0 atom stereocenters. The molecule has 0 unspecified atom stereocenters. The van der Waals surface area contributed by atoms with Gasteiger partial charge in [-0.1, -0.05) is 140 Å². The Bertz CT molecular complexity index is 1810. The van der Waals surface area contributed by atoms with E-state index in [0.717, 1.165) is 59.1 Å². The third-order valence-corrected chi connectivity index (χ3v) is 9.27. The monoisotopic (exact) mass is 780 g/mol. The first-order valence-corrected chi connectivity index (χ1v) is 18.8. The van der Waals surface area contributed by atoms with Gasteiger partial charge in [0.1, 0.15) is 25.3 Å². The number of ether oxygens (including phenoxy) is 2. The van der Waals surface area contributed by atoms with Gasteiger partial charge in [-0.25, -0.2) is 9.78 Å². The molecule has 0 radical (unpaired) electrons. The van der Waals surface area contributed by atoms with Crippen molar-refractivity contribution in [3.05, 3.63) is 148 Å². The number of halogens is 4. The molecule has 0 N–H and O–H groups in total. The van der Waals surface area contributed by atoms with Crippen LogP contribution in [0.2, 0.25) is 15.1 Å². The lowest BCUT2D eigenvalue weighted by molar-refractivity contribution is 0.184. The summed E-state index contributed by atoms with van der Waals surface area (Å²) < 4.78 is 13.0. The highest BCUT2D eigenvalue weighted by Crippen LogP contribution is 2.36. The van der Waals surface area contributed by atoms with Gasteiger partial charge in [-0.05, 0) is 60.5 Å². The Kier molecular flexibility index (Phi) is 16.9. The molecule has 52 heavy (non-hydrogen) atoms. The molecular weight excluding hydrogens is 738 g/mol. The molecule has 4 aromatic carbocycles. The number of amides is 1. The number of imidazole rings is 1. The number of hydrogen-bond donors (Lipinski definition) is 0. The zero-order valence-corrected chi connectivity index (χ0v) is 32.7. The van der Waals surface area contributed by atoms with Gasteiger partial charge >= 0.3 is 6.03 Å². The normalized spacial score (nSPS) is 11.4. The van der Waals surface area contributed by atoms with Crippen LogP contribution in [-0.2, 0) is 0 Å². The largest absolute Gasteiger partial charge is 0.492 e. The number of carbonyl (C=O) groups excluding carboxylic acids is 1. The first kappa shape index (κ1) is 40.8. The number of benzene rings is 4. The second-order valence-electron chi connectivity index (χ2n) is 11.6. The fraction of sp³-hybridized carbons (Fsp3) is 0.268. The molecule has 274 valence electrons. The van der Waals surface area contributed by atoms with Crippen LogP contribution < -0.4 is 9.47 Å². The van der Waals surface area contributed by atoms with E-state index < -0.39 is 0 Å². The number of nitrogens with zero attached hydrogens (tertiary/aromatic N) is 4. The maximum Gasteiger partial charge on any atom is 0.329 e. The van der Waals surface area contributed by atoms with Gasteiger partial charge in [0, 0.05) is 36.1 Å². The van der Waals surface area contributed by atoms with Gasteiger partial charge in [0.05, 0.1) is 21.6 Å². The fourth-order valence-corrected chi connectivity index (χ4v) is 6.61. The molecule has 1 heterocycles. The van der Waals surface area contributed by atoms with Crippen molar-refractivity contribution in [1.29, 1.82) is 0 Å². The highest BCUT2D eigenvalue weighted by Gasteiger charge is 2.16. The summed E-state index contributed by atoms with van der Waals surface area (Å²) in [4.78, 5) is 20.3. The Hall–Kier alpha value is -3.98. The van der Waals surface area contributed by atoms with Gasteiger partial charge in [0.15, 0.2) is 5.75 Å². The van der Waals surface area contributed by atoms with Crippen molar-refractivity contribution in [2.75, 3.05) is 45.9 Å². The Morgan fingerprint density at radius 2 is 1.31 bits per heavy atom. The molecule has 0 aliphatic carbocycles. The first-order valence-electron chi connectivity index (χ1n) is 17.3. The lowest BCUT2D eigenvalue weighted by atomic mass is 9.95. The van der Waals surface area contributed by atoms with Crippen LogP contribution in [0.15, 0.2) is 116 Å². The molecular formula is C41H44Cl4N4O3. The quantitative estimate of drug-likeness (QED) is 0.0990. The molecule has 5 rings (SSSR count). The minimum atomic E-state index is -0.152. The van der Waals surface area contributed by atoms with Crippen molar-refractivity contribution in [3.63, 3.8) is 0 Å². The van der Waals surface area contributed by atoms with Crippen molar-refractivity contribution in [2.24, 2.45) is 0 Å². The van der Waals surface area contributed by atoms with Gasteiger partial charge in [-0.2, -0.15) is 0 Å². The molecule has 1 aromatic heterocycles. The van der Waals surface area contributed by atoms with Crippen molar-refractivity contribution >= 4 is 63.0 Å². The summed E-state index contributed by atoms with van der Waals surface area (Å²) in [5.74, 6) is 1.24. The predicted octanol–water partition coefficient (Wildman–Crippen LogP) is 11.2. The van der Waals surface area contributed by atoms with E-state index in [1.54, 1.807) is 29.4 Å². The van der Waals surface area contributed by atoms with E-state index in [1.165, 1.54) is 10.9 Å². The smallest absolute Gasteiger partial charge is 0.329 e. The maximum atomic E-state index is 12.3. The van der Waals surface area contributed by atoms with Crippen molar-refractivity contribution in [2.45, 2.75) is 27.2 Å². The second-order valence-corrected chi connectivity index (χ2v) is 13.2. The third kappa shape index (κ3) is 12.0. The standard InChI is InChI=1S/C26H28ClNO.C15H16Cl3N3O2/c1-3-28(4-2)19-20-29-24-17-15-22(16-18-24)25(21-11-7-5-8-12-21)26(27)23-13-9-6-10-14-23;1-2-4-20(15(22)21-5-3-19-10-21)6-7-23-14-12(17)8-11(16)9-13(14)18/h5-18H,3-4,19-20H2,1-2H3;3,5,8-10H,2,4,6-7H2,1H3/b26-25+;. The minimum absolute atomic E-state index is 0.152. The molecule has 5 aromatic rings. The van der Waals surface area contributed by atoms with E-state index >= 15 is 0 Å². The zero-order valence-electron chi connectivity index (χ0n) is 29.7. The van der Waals surface area contributed by atoms with E-state index in [9.17, 15) is 4.79 Å². The summed E-state index contributed by atoms with van der Waals surface area (Å²) in [6, 6.07) is 31.5. The Morgan fingerprint density at radius 3 is 1.87 bits per heavy atom. The first-order chi connectivity index (χ1) is 25.2. The van der Waals surface area contributed by atoms with Gasteiger partial charge in [-0.3, -0.25) is 4.57 Å². The average Bonchev–Trinajstić information content (AvgIpc) is 3.71. The molecule has 0 bridgehead atoms. The molecule has 0 spiro atoms. The SMILES string of the molecule is CCCN(CCOc1c(Cl)cc(Cl)cc1Cl)C(=O)n1ccnc1.CCN(CC)CCOc1ccc(/C(=C(/Cl)c2ccccc2)c2ccccc2)cc1. The molecule has 0 fully saturated rings. The number of carbonyl (C=O) groups is 1. The highest BCUT2D eigenvalue weighted by atomic mass is 35.5. The molecule has 0 saturated carbocycles. The van der Waals surface area contributed by atoms with Crippen LogP contribution in [0.5, 0.6) is 11.5 Å². The van der Waals surface area contributed by atoms with Crippen LogP contribution in [0.25, 0.3) is 10.6 Å². The second kappa shape index (κ2) is 21.5. The van der Waals surface area contributed by atoms with Crippen LogP contribution in [0.4, 0.5) is 4.79 Å². The lowest BCUT2D eigenvalue weighted by Gasteiger charge is -2.22. The number of aromatic nitrogens is 2. The summed E-state index contributed by atoms with van der Waals surface area (Å²) in [5.41, 5.74) is 4.19. The summed E-state index contributed by atoms with van der Waals surface area (Å²) in [6.07, 6.45) is 5.48. The van der Waals surface area contributed by atoms with E-state index in [1.807, 2.05) is 67.6 Å². The van der Waals surface area contributed by atoms with Gasteiger partial charge in [0.2, 0.25) is 0 Å². The van der Waals surface area contributed by atoms with E-state index in [-0.39, 0.29) is 12.6 Å². The van der Waals surface area contributed by atoms with Gasteiger partial charge < -0.3 is 19.3 Å². The van der Waals surface area contributed by atoms with Crippen LogP contribution in [0.3, 0.4) is 0 Å². The van der Waals surface area contributed by atoms with Crippen LogP contribution >= 0.6 is 46.4 Å². The van der Waals surface area contributed by atoms with E-state index in [4.69, 9.17) is 55.9 Å². The molecule has 0 aliphatic rings. The number of likely N-dealkylation sites (N-methyl/N-ethyl adjacent to an activating group) is 1. The third-order valence-electron chi connectivity index (χ3n) is 8.08. The van der Waals surface area contributed by atoms with Crippen molar-refractivity contribution < 1.29 is 14.3 Å². The van der Waals surface area contributed by atoms with E-state index in [0.29, 0.717) is 40.5 Å². The topological polar surface area (TPSA) is 59.8 Å². The Labute approximate surface area is 327 Å². The number of rotatable bonds is 15. The minimum Gasteiger partial charge on any atom is -0.492 e. The summed E-state index contributed by atoms with van der Waals surface area (Å²) >= 11 is 24.9. The van der Waals surface area contributed by atoms with Gasteiger partial charge in [0.25, 0.3) is 0 Å². The summed E-state index contributed by atoms with van der Waals surface area (Å²) in [7, 11) is 0. The Morgan fingerprint density at radius 1 is 0.731 bits per heavy atom.